The number of hydrogen-bond donors (Lipinski definition) is 0. The lowest BCUT2D eigenvalue weighted by molar-refractivity contribution is 0.568. The van der Waals surface area contributed by atoms with E-state index in [0.717, 1.165) is 12.8 Å². The van der Waals surface area contributed by atoms with E-state index in [2.05, 4.69) is 6.92 Å². The highest BCUT2D eigenvalue weighted by Crippen LogP contribution is 2.10. The molecule has 0 aromatic rings. The van der Waals surface area contributed by atoms with Crippen molar-refractivity contribution in [3.63, 3.8) is 0 Å². The Morgan fingerprint density at radius 2 is 1.20 bits per heavy atom. The molecule has 0 bridgehead atoms. The smallest absolute Gasteiger partial charge is 0.212 e. The van der Waals surface area contributed by atoms with E-state index in [1.807, 2.05) is 0 Å². The first-order chi connectivity index (χ1) is 7.06. The van der Waals surface area contributed by atoms with Gasteiger partial charge in [0.25, 0.3) is 0 Å². The minimum atomic E-state index is -3.26. The van der Waals surface area contributed by atoms with Crippen LogP contribution in [0, 0.1) is 0 Å². The Balaban J connectivity index is 3.06. The fourth-order valence-electron chi connectivity index (χ4n) is 1.59. The van der Waals surface area contributed by atoms with Crippen molar-refractivity contribution in [2.45, 2.75) is 64.7 Å². The lowest BCUT2D eigenvalue weighted by atomic mass is 10.1. The molecule has 0 aromatic heterocycles. The maximum Gasteiger partial charge on any atom is 0.232 e. The second-order valence-corrected chi connectivity index (χ2v) is 6.97. The first-order valence-electron chi connectivity index (χ1n) is 5.98. The van der Waals surface area contributed by atoms with Gasteiger partial charge in [-0.25, -0.2) is 8.42 Å². The van der Waals surface area contributed by atoms with Crippen LogP contribution in [0.15, 0.2) is 0 Å². The fraction of sp³-hybridized carbons (Fsp3) is 1.00. The summed E-state index contributed by atoms with van der Waals surface area (Å²) in [6.07, 6.45) is 10.6. The summed E-state index contributed by atoms with van der Waals surface area (Å²) in [7, 11) is 1.85. The van der Waals surface area contributed by atoms with E-state index in [1.165, 1.54) is 38.5 Å². The van der Waals surface area contributed by atoms with Crippen LogP contribution in [-0.4, -0.2) is 14.2 Å². The van der Waals surface area contributed by atoms with Crippen LogP contribution in [0.2, 0.25) is 0 Å². The van der Waals surface area contributed by atoms with Crippen LogP contribution in [0.3, 0.4) is 0 Å². The summed E-state index contributed by atoms with van der Waals surface area (Å²) >= 11 is 0. The van der Waals surface area contributed by atoms with E-state index in [9.17, 15) is 8.42 Å². The highest BCUT2D eigenvalue weighted by atomic mass is 35.7. The summed E-state index contributed by atoms with van der Waals surface area (Å²) in [5.41, 5.74) is 0. The van der Waals surface area contributed by atoms with Crippen molar-refractivity contribution in [3.8, 4) is 0 Å². The molecule has 0 saturated heterocycles. The number of halogens is 1. The van der Waals surface area contributed by atoms with Gasteiger partial charge >= 0.3 is 0 Å². The van der Waals surface area contributed by atoms with Gasteiger partial charge in [0, 0.05) is 10.7 Å². The molecule has 0 aliphatic rings. The third-order valence-electron chi connectivity index (χ3n) is 2.49. The first-order valence-corrected chi connectivity index (χ1v) is 8.46. The van der Waals surface area contributed by atoms with Gasteiger partial charge in [0.1, 0.15) is 0 Å². The minimum Gasteiger partial charge on any atom is -0.212 e. The number of rotatable bonds is 10. The quantitative estimate of drug-likeness (QED) is 0.435. The molecular weight excluding hydrogens is 232 g/mol. The molecule has 0 unspecified atom stereocenters. The number of unbranched alkanes of at least 4 members (excludes halogenated alkanes) is 8. The summed E-state index contributed by atoms with van der Waals surface area (Å²) in [5.74, 6) is 0.129. The van der Waals surface area contributed by atoms with Gasteiger partial charge in [-0.15, -0.1) is 0 Å². The Morgan fingerprint density at radius 3 is 1.60 bits per heavy atom. The molecule has 0 spiro atoms. The second kappa shape index (κ2) is 9.46. The molecule has 0 aliphatic heterocycles. The molecule has 4 heteroatoms. The zero-order valence-corrected chi connectivity index (χ0v) is 11.2. The van der Waals surface area contributed by atoms with Crippen molar-refractivity contribution < 1.29 is 8.42 Å². The predicted octanol–water partition coefficient (Wildman–Crippen LogP) is 4.09. The average Bonchev–Trinajstić information content (AvgIpc) is 2.14. The van der Waals surface area contributed by atoms with E-state index in [4.69, 9.17) is 10.7 Å². The Bertz CT molecular complexity index is 225. The summed E-state index contributed by atoms with van der Waals surface area (Å²) < 4.78 is 21.2. The van der Waals surface area contributed by atoms with Crippen molar-refractivity contribution in [1.29, 1.82) is 0 Å². The topological polar surface area (TPSA) is 34.1 Å². The molecule has 0 atom stereocenters. The van der Waals surface area contributed by atoms with Crippen molar-refractivity contribution in [2.75, 3.05) is 5.75 Å². The van der Waals surface area contributed by atoms with Crippen LogP contribution < -0.4 is 0 Å². The lowest BCUT2D eigenvalue weighted by Gasteiger charge is -2.00. The van der Waals surface area contributed by atoms with Gasteiger partial charge in [0.2, 0.25) is 9.05 Å². The Hall–Kier alpha value is 0.240. The van der Waals surface area contributed by atoms with E-state index < -0.39 is 9.05 Å². The third-order valence-corrected chi connectivity index (χ3v) is 3.73. The minimum absolute atomic E-state index is 0.129. The molecule has 0 aliphatic carbocycles. The molecule has 0 aromatic carbocycles. The van der Waals surface area contributed by atoms with Crippen LogP contribution in [0.4, 0.5) is 0 Å². The SMILES string of the molecule is CCCCCCCCCCCS(=O)(=O)Cl. The van der Waals surface area contributed by atoms with Crippen molar-refractivity contribution >= 4 is 19.7 Å². The Morgan fingerprint density at radius 1 is 0.800 bits per heavy atom. The van der Waals surface area contributed by atoms with Crippen LogP contribution in [-0.2, 0) is 9.05 Å². The van der Waals surface area contributed by atoms with Gasteiger partial charge in [-0.1, -0.05) is 58.3 Å². The van der Waals surface area contributed by atoms with Gasteiger partial charge in [0.15, 0.2) is 0 Å². The Kier molecular flexibility index (Phi) is 9.62. The van der Waals surface area contributed by atoms with Crippen molar-refractivity contribution in [2.24, 2.45) is 0 Å². The molecule has 92 valence electrons. The third kappa shape index (κ3) is 14.2. The van der Waals surface area contributed by atoms with Gasteiger partial charge in [-0.2, -0.15) is 0 Å². The van der Waals surface area contributed by atoms with E-state index >= 15 is 0 Å². The molecule has 0 amide bonds. The Labute approximate surface area is 98.8 Å². The maximum atomic E-state index is 10.6. The van der Waals surface area contributed by atoms with Gasteiger partial charge in [0.05, 0.1) is 5.75 Å². The first kappa shape index (κ1) is 15.2. The molecule has 0 rings (SSSR count). The van der Waals surface area contributed by atoms with Crippen LogP contribution in [0.1, 0.15) is 64.7 Å². The van der Waals surface area contributed by atoms with Gasteiger partial charge < -0.3 is 0 Å². The highest BCUT2D eigenvalue weighted by Gasteiger charge is 2.03. The van der Waals surface area contributed by atoms with E-state index in [-0.39, 0.29) is 5.75 Å². The molecule has 0 fully saturated rings. The monoisotopic (exact) mass is 254 g/mol. The van der Waals surface area contributed by atoms with Crippen molar-refractivity contribution in [3.05, 3.63) is 0 Å². The highest BCUT2D eigenvalue weighted by molar-refractivity contribution is 8.13. The van der Waals surface area contributed by atoms with Gasteiger partial charge in [-0.3, -0.25) is 0 Å². The average molecular weight is 255 g/mol. The number of hydrogen-bond acceptors (Lipinski definition) is 2. The maximum absolute atomic E-state index is 10.6. The fourth-order valence-corrected chi connectivity index (χ4v) is 2.46. The van der Waals surface area contributed by atoms with Crippen LogP contribution >= 0.6 is 10.7 Å². The predicted molar refractivity (Wildman–Crippen MR) is 66.9 cm³/mol. The molecule has 2 nitrogen and oxygen atoms in total. The molecule has 0 heterocycles. The summed E-state index contributed by atoms with van der Waals surface area (Å²) in [4.78, 5) is 0. The van der Waals surface area contributed by atoms with Crippen molar-refractivity contribution in [1.82, 2.24) is 0 Å². The summed E-state index contributed by atoms with van der Waals surface area (Å²) in [6.45, 7) is 2.21. The van der Waals surface area contributed by atoms with Crippen LogP contribution in [0.25, 0.3) is 0 Å². The lowest BCUT2D eigenvalue weighted by Crippen LogP contribution is -1.96. The molecule has 0 N–H and O–H groups in total. The molecule has 0 saturated carbocycles. The molecule has 0 radical (unpaired) electrons. The normalized spacial score (nSPS) is 11.9. The van der Waals surface area contributed by atoms with E-state index in [0.29, 0.717) is 6.42 Å². The van der Waals surface area contributed by atoms with Crippen LogP contribution in [0.5, 0.6) is 0 Å². The standard InChI is InChI=1S/C11H23ClO2S/c1-2-3-4-5-6-7-8-9-10-11-15(12,13)14/h2-11H2,1H3. The largest absolute Gasteiger partial charge is 0.232 e. The molecule has 15 heavy (non-hydrogen) atoms. The summed E-state index contributed by atoms with van der Waals surface area (Å²) in [6, 6.07) is 0. The van der Waals surface area contributed by atoms with E-state index in [1.54, 1.807) is 0 Å². The zero-order valence-electron chi connectivity index (χ0n) is 9.67. The van der Waals surface area contributed by atoms with Gasteiger partial charge in [-0.05, 0) is 6.42 Å². The molecular formula is C11H23ClO2S. The zero-order chi connectivity index (χ0) is 11.6. The second-order valence-electron chi connectivity index (χ2n) is 4.07. The summed E-state index contributed by atoms with van der Waals surface area (Å²) in [5, 5.41) is 0.